The molecule has 3 rings (SSSR count). The first-order valence-electron chi connectivity index (χ1n) is 8.53. The Bertz CT molecular complexity index is 482. The molecule has 2 aliphatic heterocycles. The Kier molecular flexibility index (Phi) is 5.45. The number of rotatable bonds is 5. The van der Waals surface area contributed by atoms with Crippen LogP contribution in [0.1, 0.15) is 25.3 Å². The molecule has 0 radical (unpaired) electrons. The second-order valence-electron chi connectivity index (χ2n) is 6.65. The maximum atomic E-state index is 13.3. The number of likely N-dealkylation sites (tertiary alicyclic amines) is 1. The molecule has 0 N–H and O–H groups in total. The van der Waals surface area contributed by atoms with E-state index in [0.717, 1.165) is 44.8 Å². The summed E-state index contributed by atoms with van der Waals surface area (Å²) in [6, 6.07) is 7.64. The lowest BCUT2D eigenvalue weighted by atomic mass is 10.0. The Morgan fingerprint density at radius 2 is 2.18 bits per heavy atom. The number of hydrogen-bond acceptors (Lipinski definition) is 3. The lowest BCUT2D eigenvalue weighted by Crippen LogP contribution is -2.45. The number of morpholine rings is 1. The van der Waals surface area contributed by atoms with E-state index < -0.39 is 0 Å². The molecule has 4 heteroatoms. The van der Waals surface area contributed by atoms with Gasteiger partial charge >= 0.3 is 0 Å². The van der Waals surface area contributed by atoms with Gasteiger partial charge in [0.25, 0.3) is 0 Å². The minimum atomic E-state index is -0.121. The Balaban J connectivity index is 1.50. The van der Waals surface area contributed by atoms with Crippen LogP contribution in [0.15, 0.2) is 24.3 Å². The highest BCUT2D eigenvalue weighted by atomic mass is 19.1. The van der Waals surface area contributed by atoms with Crippen LogP contribution in [0.5, 0.6) is 0 Å². The average molecular weight is 306 g/mol. The van der Waals surface area contributed by atoms with Crippen LogP contribution >= 0.6 is 0 Å². The smallest absolute Gasteiger partial charge is 0.123 e. The number of hydrogen-bond donors (Lipinski definition) is 0. The number of nitrogens with zero attached hydrogens (tertiary/aromatic N) is 2. The molecule has 0 bridgehead atoms. The van der Waals surface area contributed by atoms with E-state index in [1.54, 1.807) is 6.07 Å². The quantitative estimate of drug-likeness (QED) is 0.831. The van der Waals surface area contributed by atoms with Crippen LogP contribution < -0.4 is 0 Å². The zero-order chi connectivity index (χ0) is 15.4. The lowest BCUT2D eigenvalue weighted by molar-refractivity contribution is -0.0209. The van der Waals surface area contributed by atoms with E-state index in [-0.39, 0.29) is 5.82 Å². The van der Waals surface area contributed by atoms with Crippen LogP contribution in [0.4, 0.5) is 4.39 Å². The van der Waals surface area contributed by atoms with Crippen molar-refractivity contribution in [1.82, 2.24) is 9.80 Å². The minimum Gasteiger partial charge on any atom is -0.376 e. The van der Waals surface area contributed by atoms with Crippen molar-refractivity contribution in [3.8, 4) is 0 Å². The lowest BCUT2D eigenvalue weighted by Gasteiger charge is -2.33. The van der Waals surface area contributed by atoms with Gasteiger partial charge < -0.3 is 4.74 Å². The van der Waals surface area contributed by atoms with Crippen molar-refractivity contribution in [3.63, 3.8) is 0 Å². The van der Waals surface area contributed by atoms with Gasteiger partial charge in [0.2, 0.25) is 0 Å². The summed E-state index contributed by atoms with van der Waals surface area (Å²) in [5.41, 5.74) is 1.12. The highest BCUT2D eigenvalue weighted by Gasteiger charge is 2.25. The van der Waals surface area contributed by atoms with Crippen molar-refractivity contribution in [1.29, 1.82) is 0 Å². The monoisotopic (exact) mass is 306 g/mol. The summed E-state index contributed by atoms with van der Waals surface area (Å²) < 4.78 is 18.9. The van der Waals surface area contributed by atoms with E-state index in [0.29, 0.717) is 12.1 Å². The first kappa shape index (κ1) is 15.9. The molecule has 0 spiro atoms. The predicted molar refractivity (Wildman–Crippen MR) is 86.6 cm³/mol. The highest BCUT2D eigenvalue weighted by Crippen LogP contribution is 2.21. The molecule has 0 saturated carbocycles. The van der Waals surface area contributed by atoms with Gasteiger partial charge in [0.1, 0.15) is 5.82 Å². The SMILES string of the molecule is C[C@H]1CN(CCN2CCC[C@H]2Cc2cccc(F)c2)CCO1. The second-order valence-corrected chi connectivity index (χ2v) is 6.65. The minimum absolute atomic E-state index is 0.121. The molecular weight excluding hydrogens is 279 g/mol. The molecular formula is C18H27FN2O. The topological polar surface area (TPSA) is 15.7 Å². The Hall–Kier alpha value is -0.970. The average Bonchev–Trinajstić information content (AvgIpc) is 2.92. The summed E-state index contributed by atoms with van der Waals surface area (Å²) in [6.45, 7) is 8.51. The molecule has 2 atom stereocenters. The van der Waals surface area contributed by atoms with Gasteiger partial charge in [0, 0.05) is 32.2 Å². The van der Waals surface area contributed by atoms with E-state index in [9.17, 15) is 4.39 Å². The van der Waals surface area contributed by atoms with Gasteiger partial charge in [-0.25, -0.2) is 4.39 Å². The van der Waals surface area contributed by atoms with Crippen LogP contribution in [0.3, 0.4) is 0 Å². The fraction of sp³-hybridized carbons (Fsp3) is 0.667. The first-order valence-corrected chi connectivity index (χ1v) is 8.53. The van der Waals surface area contributed by atoms with E-state index >= 15 is 0 Å². The Morgan fingerprint density at radius 3 is 3.00 bits per heavy atom. The van der Waals surface area contributed by atoms with Gasteiger partial charge in [-0.15, -0.1) is 0 Å². The van der Waals surface area contributed by atoms with Crippen molar-refractivity contribution < 1.29 is 9.13 Å². The van der Waals surface area contributed by atoms with Crippen LogP contribution in [0, 0.1) is 5.82 Å². The number of benzene rings is 1. The summed E-state index contributed by atoms with van der Waals surface area (Å²) in [5, 5.41) is 0. The fourth-order valence-electron chi connectivity index (χ4n) is 3.72. The molecule has 0 unspecified atom stereocenters. The van der Waals surface area contributed by atoms with E-state index in [1.165, 1.54) is 25.5 Å². The van der Waals surface area contributed by atoms with Crippen molar-refractivity contribution in [2.75, 3.05) is 39.3 Å². The van der Waals surface area contributed by atoms with E-state index in [1.807, 2.05) is 12.1 Å². The third kappa shape index (κ3) is 4.28. The third-order valence-electron chi connectivity index (χ3n) is 4.89. The zero-order valence-corrected chi connectivity index (χ0v) is 13.5. The van der Waals surface area contributed by atoms with Crippen molar-refractivity contribution in [2.24, 2.45) is 0 Å². The normalized spacial score (nSPS) is 27.4. The van der Waals surface area contributed by atoms with Crippen molar-refractivity contribution in [2.45, 2.75) is 38.3 Å². The van der Waals surface area contributed by atoms with Gasteiger partial charge in [-0.1, -0.05) is 12.1 Å². The largest absolute Gasteiger partial charge is 0.376 e. The van der Waals surface area contributed by atoms with Crippen LogP contribution in [0.2, 0.25) is 0 Å². The van der Waals surface area contributed by atoms with E-state index in [2.05, 4.69) is 16.7 Å². The fourth-order valence-corrected chi connectivity index (χ4v) is 3.72. The number of halogens is 1. The molecule has 1 aromatic carbocycles. The van der Waals surface area contributed by atoms with Gasteiger partial charge in [-0.05, 0) is 50.4 Å². The second kappa shape index (κ2) is 7.53. The molecule has 122 valence electrons. The zero-order valence-electron chi connectivity index (χ0n) is 13.5. The summed E-state index contributed by atoms with van der Waals surface area (Å²) in [6.07, 6.45) is 3.82. The van der Waals surface area contributed by atoms with E-state index in [4.69, 9.17) is 4.74 Å². The number of ether oxygens (including phenoxy) is 1. The molecule has 2 saturated heterocycles. The van der Waals surface area contributed by atoms with Gasteiger partial charge in [-0.2, -0.15) is 0 Å². The first-order chi connectivity index (χ1) is 10.7. The molecule has 2 aliphatic rings. The third-order valence-corrected chi connectivity index (χ3v) is 4.89. The molecule has 1 aromatic rings. The standard InChI is InChI=1S/C18H27FN2O/c1-15-14-20(10-11-22-15)8-9-21-7-3-6-18(21)13-16-4-2-5-17(19)12-16/h2,4-5,12,15,18H,3,6-11,13-14H2,1H3/t15-,18-/m0/s1. The highest BCUT2D eigenvalue weighted by molar-refractivity contribution is 5.17. The molecule has 2 fully saturated rings. The molecule has 2 heterocycles. The summed E-state index contributed by atoms with van der Waals surface area (Å²) in [5.74, 6) is -0.121. The van der Waals surface area contributed by atoms with Crippen LogP contribution in [-0.2, 0) is 11.2 Å². The van der Waals surface area contributed by atoms with Crippen LogP contribution in [-0.4, -0.2) is 61.3 Å². The molecule has 0 aliphatic carbocycles. The van der Waals surface area contributed by atoms with Crippen molar-refractivity contribution in [3.05, 3.63) is 35.6 Å². The Morgan fingerprint density at radius 1 is 1.27 bits per heavy atom. The van der Waals surface area contributed by atoms with Gasteiger partial charge in [-0.3, -0.25) is 9.80 Å². The Labute approximate surface area is 133 Å². The van der Waals surface area contributed by atoms with Crippen LogP contribution in [0.25, 0.3) is 0 Å². The maximum absolute atomic E-state index is 13.3. The summed E-state index contributed by atoms with van der Waals surface area (Å²) in [7, 11) is 0. The summed E-state index contributed by atoms with van der Waals surface area (Å²) >= 11 is 0. The molecule has 22 heavy (non-hydrogen) atoms. The predicted octanol–water partition coefficient (Wildman–Crippen LogP) is 2.55. The van der Waals surface area contributed by atoms with Crippen molar-refractivity contribution >= 4 is 0 Å². The molecule has 0 aromatic heterocycles. The van der Waals surface area contributed by atoms with Gasteiger partial charge in [0.15, 0.2) is 0 Å². The molecule has 0 amide bonds. The van der Waals surface area contributed by atoms with Gasteiger partial charge in [0.05, 0.1) is 12.7 Å². The maximum Gasteiger partial charge on any atom is 0.123 e. The molecule has 3 nitrogen and oxygen atoms in total. The summed E-state index contributed by atoms with van der Waals surface area (Å²) in [4.78, 5) is 5.09.